The van der Waals surface area contributed by atoms with Crippen LogP contribution < -0.4 is 10.5 Å². The lowest BCUT2D eigenvalue weighted by molar-refractivity contribution is 0.170. The SMILES string of the molecule is CCC1CCCC(C(C)(N)c2ccccc2OC)C1. The minimum absolute atomic E-state index is 0.291. The predicted octanol–water partition coefficient (Wildman–Crippen LogP) is 4.09. The molecule has 0 aliphatic heterocycles. The maximum absolute atomic E-state index is 6.73. The fourth-order valence-electron chi connectivity index (χ4n) is 3.52. The summed E-state index contributed by atoms with van der Waals surface area (Å²) in [7, 11) is 1.73. The second kappa shape index (κ2) is 5.96. The molecule has 3 atom stereocenters. The second-order valence-corrected chi connectivity index (χ2v) is 6.12. The molecule has 0 heterocycles. The molecule has 0 bridgehead atoms. The van der Waals surface area contributed by atoms with Crippen molar-refractivity contribution in [2.75, 3.05) is 7.11 Å². The first-order chi connectivity index (χ1) is 9.09. The van der Waals surface area contributed by atoms with Crippen LogP contribution in [0.25, 0.3) is 0 Å². The molecule has 1 aromatic rings. The van der Waals surface area contributed by atoms with Gasteiger partial charge in [0.25, 0.3) is 0 Å². The average molecular weight is 261 g/mol. The Bertz CT molecular complexity index is 413. The molecule has 19 heavy (non-hydrogen) atoms. The molecule has 2 rings (SSSR count). The molecular weight excluding hydrogens is 234 g/mol. The molecule has 0 amide bonds. The van der Waals surface area contributed by atoms with E-state index in [4.69, 9.17) is 10.5 Å². The zero-order valence-electron chi connectivity index (χ0n) is 12.5. The number of hydrogen-bond acceptors (Lipinski definition) is 2. The quantitative estimate of drug-likeness (QED) is 0.886. The van der Waals surface area contributed by atoms with Crippen molar-refractivity contribution in [1.82, 2.24) is 0 Å². The Labute approximate surface area is 117 Å². The molecule has 2 N–H and O–H groups in total. The Balaban J connectivity index is 2.25. The summed E-state index contributed by atoms with van der Waals surface area (Å²) in [5.41, 5.74) is 7.59. The highest BCUT2D eigenvalue weighted by Gasteiger charge is 2.36. The van der Waals surface area contributed by atoms with E-state index in [-0.39, 0.29) is 5.54 Å². The van der Waals surface area contributed by atoms with Gasteiger partial charge in [-0.2, -0.15) is 0 Å². The van der Waals surface area contributed by atoms with Crippen LogP contribution >= 0.6 is 0 Å². The molecule has 106 valence electrons. The van der Waals surface area contributed by atoms with Gasteiger partial charge >= 0.3 is 0 Å². The summed E-state index contributed by atoms with van der Waals surface area (Å²) in [6.07, 6.45) is 6.45. The molecule has 1 saturated carbocycles. The van der Waals surface area contributed by atoms with Crippen molar-refractivity contribution in [3.63, 3.8) is 0 Å². The largest absolute Gasteiger partial charge is 0.496 e. The van der Waals surface area contributed by atoms with E-state index in [1.165, 1.54) is 32.1 Å². The van der Waals surface area contributed by atoms with E-state index in [1.807, 2.05) is 12.1 Å². The van der Waals surface area contributed by atoms with Gasteiger partial charge < -0.3 is 10.5 Å². The standard InChI is InChI=1S/C17H27NO/c1-4-13-8-7-9-14(12-13)17(2,18)15-10-5-6-11-16(15)19-3/h5-6,10-11,13-14H,4,7-9,12,18H2,1-3H3. The fraction of sp³-hybridized carbons (Fsp3) is 0.647. The lowest BCUT2D eigenvalue weighted by Crippen LogP contribution is -2.43. The molecule has 0 aromatic heterocycles. The van der Waals surface area contributed by atoms with E-state index in [0.717, 1.165) is 17.2 Å². The van der Waals surface area contributed by atoms with E-state index < -0.39 is 0 Å². The zero-order chi connectivity index (χ0) is 13.9. The third-order valence-corrected chi connectivity index (χ3v) is 4.90. The summed E-state index contributed by atoms with van der Waals surface area (Å²) >= 11 is 0. The predicted molar refractivity (Wildman–Crippen MR) is 80.3 cm³/mol. The van der Waals surface area contributed by atoms with E-state index >= 15 is 0 Å². The van der Waals surface area contributed by atoms with Gasteiger partial charge in [-0.15, -0.1) is 0 Å². The Hall–Kier alpha value is -1.02. The number of ether oxygens (including phenoxy) is 1. The Morgan fingerprint density at radius 2 is 2.05 bits per heavy atom. The van der Waals surface area contributed by atoms with Crippen LogP contribution in [-0.2, 0) is 5.54 Å². The first-order valence-electron chi connectivity index (χ1n) is 7.52. The molecule has 2 heteroatoms. The number of hydrogen-bond donors (Lipinski definition) is 1. The summed E-state index contributed by atoms with van der Waals surface area (Å²) in [6, 6.07) is 8.20. The van der Waals surface area contributed by atoms with Crippen molar-refractivity contribution in [3.8, 4) is 5.75 Å². The highest BCUT2D eigenvalue weighted by atomic mass is 16.5. The third-order valence-electron chi connectivity index (χ3n) is 4.90. The first-order valence-corrected chi connectivity index (χ1v) is 7.52. The normalized spacial score (nSPS) is 26.7. The van der Waals surface area contributed by atoms with Crippen molar-refractivity contribution in [3.05, 3.63) is 29.8 Å². The topological polar surface area (TPSA) is 35.2 Å². The van der Waals surface area contributed by atoms with Gasteiger partial charge in [0.2, 0.25) is 0 Å². The van der Waals surface area contributed by atoms with Crippen LogP contribution in [0.3, 0.4) is 0 Å². The maximum Gasteiger partial charge on any atom is 0.123 e. The van der Waals surface area contributed by atoms with Crippen molar-refractivity contribution in [2.24, 2.45) is 17.6 Å². The van der Waals surface area contributed by atoms with Crippen LogP contribution in [0.2, 0.25) is 0 Å². The van der Waals surface area contributed by atoms with E-state index in [0.29, 0.717) is 5.92 Å². The van der Waals surface area contributed by atoms with Crippen molar-refractivity contribution in [1.29, 1.82) is 0 Å². The van der Waals surface area contributed by atoms with Crippen molar-refractivity contribution >= 4 is 0 Å². The second-order valence-electron chi connectivity index (χ2n) is 6.12. The monoisotopic (exact) mass is 261 g/mol. The van der Waals surface area contributed by atoms with Crippen molar-refractivity contribution in [2.45, 2.75) is 51.5 Å². The summed E-state index contributed by atoms with van der Waals surface area (Å²) in [4.78, 5) is 0. The molecule has 2 nitrogen and oxygen atoms in total. The smallest absolute Gasteiger partial charge is 0.123 e. The summed E-state index contributed by atoms with van der Waals surface area (Å²) in [5, 5.41) is 0. The Morgan fingerprint density at radius 1 is 1.32 bits per heavy atom. The summed E-state index contributed by atoms with van der Waals surface area (Å²) in [6.45, 7) is 4.47. The third kappa shape index (κ3) is 2.94. The highest BCUT2D eigenvalue weighted by molar-refractivity contribution is 5.39. The number of methoxy groups -OCH3 is 1. The van der Waals surface area contributed by atoms with Crippen LogP contribution in [0.15, 0.2) is 24.3 Å². The van der Waals surface area contributed by atoms with Gasteiger partial charge in [-0.3, -0.25) is 0 Å². The zero-order valence-corrected chi connectivity index (χ0v) is 12.5. The Kier molecular flexibility index (Phi) is 4.51. The molecule has 1 aliphatic carbocycles. The van der Waals surface area contributed by atoms with Crippen LogP contribution in [0.5, 0.6) is 5.75 Å². The molecule has 3 unspecified atom stereocenters. The minimum atomic E-state index is -0.291. The van der Waals surface area contributed by atoms with Gasteiger partial charge in [0, 0.05) is 11.1 Å². The number of para-hydroxylation sites is 1. The first kappa shape index (κ1) is 14.4. The Morgan fingerprint density at radius 3 is 2.74 bits per heavy atom. The molecule has 0 saturated heterocycles. The summed E-state index contributed by atoms with van der Waals surface area (Å²) in [5.74, 6) is 2.32. The number of nitrogens with two attached hydrogens (primary N) is 1. The van der Waals surface area contributed by atoms with Gasteiger partial charge in [0.15, 0.2) is 0 Å². The van der Waals surface area contributed by atoms with Gasteiger partial charge in [0.1, 0.15) is 5.75 Å². The molecular formula is C17H27NO. The molecule has 0 radical (unpaired) electrons. The molecule has 1 fully saturated rings. The van der Waals surface area contributed by atoms with Crippen LogP contribution in [0.4, 0.5) is 0 Å². The number of benzene rings is 1. The summed E-state index contributed by atoms with van der Waals surface area (Å²) < 4.78 is 5.50. The van der Waals surface area contributed by atoms with Crippen LogP contribution in [0.1, 0.15) is 51.5 Å². The molecule has 0 spiro atoms. The highest BCUT2D eigenvalue weighted by Crippen LogP contribution is 2.42. The van der Waals surface area contributed by atoms with Crippen LogP contribution in [0, 0.1) is 11.8 Å². The van der Waals surface area contributed by atoms with Gasteiger partial charge in [-0.05, 0) is 37.7 Å². The minimum Gasteiger partial charge on any atom is -0.496 e. The van der Waals surface area contributed by atoms with Crippen LogP contribution in [-0.4, -0.2) is 7.11 Å². The average Bonchev–Trinajstić information content (AvgIpc) is 2.47. The van der Waals surface area contributed by atoms with Gasteiger partial charge in [0.05, 0.1) is 7.11 Å². The van der Waals surface area contributed by atoms with Gasteiger partial charge in [-0.25, -0.2) is 0 Å². The fourth-order valence-corrected chi connectivity index (χ4v) is 3.52. The van der Waals surface area contributed by atoms with E-state index in [1.54, 1.807) is 7.11 Å². The van der Waals surface area contributed by atoms with E-state index in [9.17, 15) is 0 Å². The molecule has 1 aromatic carbocycles. The number of rotatable bonds is 4. The maximum atomic E-state index is 6.73. The molecule has 1 aliphatic rings. The van der Waals surface area contributed by atoms with Crippen molar-refractivity contribution < 1.29 is 4.74 Å². The lowest BCUT2D eigenvalue weighted by atomic mass is 9.69. The van der Waals surface area contributed by atoms with E-state index in [2.05, 4.69) is 26.0 Å². The lowest BCUT2D eigenvalue weighted by Gasteiger charge is -2.40. The van der Waals surface area contributed by atoms with Gasteiger partial charge in [-0.1, -0.05) is 44.4 Å².